The first-order valence-electron chi connectivity index (χ1n) is 8.04. The molecule has 0 radical (unpaired) electrons. The second-order valence-corrected chi connectivity index (χ2v) is 7.42. The first-order valence-corrected chi connectivity index (χ1v) is 9.52. The third kappa shape index (κ3) is 5.04. The highest BCUT2D eigenvalue weighted by molar-refractivity contribution is 7.89. The van der Waals surface area contributed by atoms with Crippen LogP contribution in [0.2, 0.25) is 0 Å². The van der Waals surface area contributed by atoms with Gasteiger partial charge in [-0.15, -0.1) is 0 Å². The van der Waals surface area contributed by atoms with E-state index in [0.717, 1.165) is 5.56 Å². The van der Waals surface area contributed by atoms with Gasteiger partial charge < -0.3 is 15.2 Å². The number of nitrogens with one attached hydrogen (secondary N) is 2. The van der Waals surface area contributed by atoms with Gasteiger partial charge in [-0.25, -0.2) is 13.1 Å². The van der Waals surface area contributed by atoms with Crippen LogP contribution in [0.4, 0.5) is 5.69 Å². The minimum Gasteiger partial charge on any atom is -0.495 e. The normalized spacial score (nSPS) is 11.2. The fourth-order valence-corrected chi connectivity index (χ4v) is 3.32. The van der Waals surface area contributed by atoms with Crippen molar-refractivity contribution in [3.8, 4) is 5.75 Å². The van der Waals surface area contributed by atoms with Crippen molar-refractivity contribution in [2.75, 3.05) is 25.6 Å². The summed E-state index contributed by atoms with van der Waals surface area (Å²) in [7, 11) is -2.32. The molecule has 0 aliphatic heterocycles. The number of sulfonamides is 1. The maximum atomic E-state index is 12.4. The number of aryl methyl sites for hydroxylation is 1. The molecule has 0 bridgehead atoms. The molecule has 3 N–H and O–H groups in total. The molecule has 0 aliphatic carbocycles. The van der Waals surface area contributed by atoms with E-state index in [0.29, 0.717) is 17.7 Å². The second kappa shape index (κ2) is 8.79. The maximum absolute atomic E-state index is 12.4. The van der Waals surface area contributed by atoms with Crippen molar-refractivity contribution in [2.45, 2.75) is 18.2 Å². The number of carbonyl (C=O) groups excluding carboxylic acids is 1. The number of methoxy groups -OCH3 is 1. The van der Waals surface area contributed by atoms with E-state index in [-0.39, 0.29) is 29.6 Å². The van der Waals surface area contributed by atoms with Crippen LogP contribution in [-0.2, 0) is 10.0 Å². The molecule has 7 nitrogen and oxygen atoms in total. The highest BCUT2D eigenvalue weighted by Gasteiger charge is 2.17. The molecule has 2 aromatic rings. The van der Waals surface area contributed by atoms with Gasteiger partial charge in [0.1, 0.15) is 5.75 Å². The van der Waals surface area contributed by atoms with Crippen molar-refractivity contribution < 1.29 is 23.1 Å². The van der Waals surface area contributed by atoms with E-state index >= 15 is 0 Å². The lowest BCUT2D eigenvalue weighted by atomic mass is 10.1. The number of ether oxygens (including phenoxy) is 1. The smallest absolute Gasteiger partial charge is 0.255 e. The number of aliphatic hydroxyl groups excluding tert-OH is 1. The Morgan fingerprint density at radius 1 is 1.15 bits per heavy atom. The molecule has 0 unspecified atom stereocenters. The summed E-state index contributed by atoms with van der Waals surface area (Å²) in [6, 6.07) is 11.2. The van der Waals surface area contributed by atoms with Crippen molar-refractivity contribution in [3.63, 3.8) is 0 Å². The standard InChI is InChI=1S/C18H22N2O5S/c1-13-4-6-14(7-5-13)18(22)20-16-12-15(8-9-17(16)25-2)26(23,24)19-10-3-11-21/h4-9,12,19,21H,3,10-11H2,1-2H3,(H,20,22). The van der Waals surface area contributed by atoms with E-state index in [1.807, 2.05) is 19.1 Å². The molecule has 1 amide bonds. The highest BCUT2D eigenvalue weighted by atomic mass is 32.2. The van der Waals surface area contributed by atoms with Crippen LogP contribution >= 0.6 is 0 Å². The quantitative estimate of drug-likeness (QED) is 0.609. The van der Waals surface area contributed by atoms with Crippen LogP contribution in [0.3, 0.4) is 0 Å². The molecule has 0 saturated carbocycles. The molecule has 2 aromatic carbocycles. The Bertz CT molecular complexity index is 864. The van der Waals surface area contributed by atoms with Crippen molar-refractivity contribution >= 4 is 21.6 Å². The molecule has 140 valence electrons. The van der Waals surface area contributed by atoms with Gasteiger partial charge in [0.05, 0.1) is 17.7 Å². The molecule has 26 heavy (non-hydrogen) atoms. The van der Waals surface area contributed by atoms with Gasteiger partial charge in [0.2, 0.25) is 10.0 Å². The van der Waals surface area contributed by atoms with E-state index < -0.39 is 10.0 Å². The lowest BCUT2D eigenvalue weighted by Crippen LogP contribution is -2.25. The molecule has 0 fully saturated rings. The Labute approximate surface area is 153 Å². The van der Waals surface area contributed by atoms with Gasteiger partial charge in [0.25, 0.3) is 5.91 Å². The van der Waals surface area contributed by atoms with Crippen LogP contribution in [-0.4, -0.2) is 39.7 Å². The first kappa shape index (κ1) is 19.9. The molecule has 0 heterocycles. The number of carbonyl (C=O) groups is 1. The molecule has 0 aromatic heterocycles. The zero-order chi connectivity index (χ0) is 19.2. The van der Waals surface area contributed by atoms with Gasteiger partial charge >= 0.3 is 0 Å². The Morgan fingerprint density at radius 2 is 1.85 bits per heavy atom. The molecular weight excluding hydrogens is 356 g/mol. The molecular formula is C18H22N2O5S. The lowest BCUT2D eigenvalue weighted by molar-refractivity contribution is 0.102. The number of amides is 1. The molecule has 0 saturated heterocycles. The summed E-state index contributed by atoms with van der Waals surface area (Å²) in [5, 5.41) is 11.5. The Hall–Kier alpha value is -2.42. The van der Waals surface area contributed by atoms with E-state index in [9.17, 15) is 13.2 Å². The van der Waals surface area contributed by atoms with E-state index in [1.54, 1.807) is 12.1 Å². The third-order valence-electron chi connectivity index (χ3n) is 3.67. The van der Waals surface area contributed by atoms with Crippen LogP contribution < -0.4 is 14.8 Å². The number of hydrogen-bond acceptors (Lipinski definition) is 5. The van der Waals surface area contributed by atoms with Gasteiger partial charge in [-0.3, -0.25) is 4.79 Å². The monoisotopic (exact) mass is 378 g/mol. The predicted molar refractivity (Wildman–Crippen MR) is 99.0 cm³/mol. The van der Waals surface area contributed by atoms with E-state index in [1.165, 1.54) is 25.3 Å². The fraction of sp³-hybridized carbons (Fsp3) is 0.278. The summed E-state index contributed by atoms with van der Waals surface area (Å²) in [6.45, 7) is 1.93. The lowest BCUT2D eigenvalue weighted by Gasteiger charge is -2.13. The van der Waals surface area contributed by atoms with Gasteiger partial charge in [0.15, 0.2) is 0 Å². The summed E-state index contributed by atoms with van der Waals surface area (Å²) in [4.78, 5) is 12.4. The van der Waals surface area contributed by atoms with Crippen molar-refractivity contribution in [3.05, 3.63) is 53.6 Å². The largest absolute Gasteiger partial charge is 0.495 e. The van der Waals surface area contributed by atoms with Crippen LogP contribution in [0, 0.1) is 6.92 Å². The summed E-state index contributed by atoms with van der Waals surface area (Å²) in [5.74, 6) is -0.0224. The molecule has 0 spiro atoms. The summed E-state index contributed by atoms with van der Waals surface area (Å²) < 4.78 is 32.2. The van der Waals surface area contributed by atoms with Crippen molar-refractivity contribution in [1.29, 1.82) is 0 Å². The SMILES string of the molecule is COc1ccc(S(=O)(=O)NCCCO)cc1NC(=O)c1ccc(C)cc1. The first-order chi connectivity index (χ1) is 12.4. The highest BCUT2D eigenvalue weighted by Crippen LogP contribution is 2.28. The molecule has 0 atom stereocenters. The Morgan fingerprint density at radius 3 is 2.46 bits per heavy atom. The summed E-state index contributed by atoms with van der Waals surface area (Å²) >= 11 is 0. The number of aliphatic hydroxyl groups is 1. The van der Waals surface area contributed by atoms with Crippen molar-refractivity contribution in [2.24, 2.45) is 0 Å². The van der Waals surface area contributed by atoms with Gasteiger partial charge in [-0.1, -0.05) is 17.7 Å². The third-order valence-corrected chi connectivity index (χ3v) is 5.13. The predicted octanol–water partition coefficient (Wildman–Crippen LogP) is 1.92. The minimum atomic E-state index is -3.75. The van der Waals surface area contributed by atoms with Gasteiger partial charge in [-0.2, -0.15) is 0 Å². The van der Waals surface area contributed by atoms with E-state index in [2.05, 4.69) is 10.0 Å². The number of benzene rings is 2. The zero-order valence-electron chi connectivity index (χ0n) is 14.7. The topological polar surface area (TPSA) is 105 Å². The Kier molecular flexibility index (Phi) is 6.73. The second-order valence-electron chi connectivity index (χ2n) is 5.66. The number of anilines is 1. The maximum Gasteiger partial charge on any atom is 0.255 e. The van der Waals surface area contributed by atoms with Crippen molar-refractivity contribution in [1.82, 2.24) is 4.72 Å². The molecule has 2 rings (SSSR count). The summed E-state index contributed by atoms with van der Waals surface area (Å²) in [5.41, 5.74) is 1.73. The van der Waals surface area contributed by atoms with Crippen LogP contribution in [0.15, 0.2) is 47.4 Å². The van der Waals surface area contributed by atoms with Crippen LogP contribution in [0.25, 0.3) is 0 Å². The van der Waals surface area contributed by atoms with Crippen LogP contribution in [0.5, 0.6) is 5.75 Å². The van der Waals surface area contributed by atoms with Gasteiger partial charge in [0, 0.05) is 18.7 Å². The van der Waals surface area contributed by atoms with Crippen LogP contribution in [0.1, 0.15) is 22.3 Å². The number of hydrogen-bond donors (Lipinski definition) is 3. The number of rotatable bonds is 8. The zero-order valence-corrected chi connectivity index (χ0v) is 15.5. The molecule has 8 heteroatoms. The minimum absolute atomic E-state index is 0.00422. The van der Waals surface area contributed by atoms with E-state index in [4.69, 9.17) is 9.84 Å². The Balaban J connectivity index is 2.26. The average Bonchev–Trinajstić information content (AvgIpc) is 2.62. The fourth-order valence-electron chi connectivity index (χ4n) is 2.22. The van der Waals surface area contributed by atoms with Gasteiger partial charge in [-0.05, 0) is 43.7 Å². The average molecular weight is 378 g/mol. The molecule has 0 aliphatic rings. The summed E-state index contributed by atoms with van der Waals surface area (Å²) in [6.07, 6.45) is 0.312.